The average Bonchev–Trinajstić information content (AvgIpc) is 3.35. The average molecular weight is 465 g/mol. The number of rotatable bonds is 2. The summed E-state index contributed by atoms with van der Waals surface area (Å²) in [6, 6.07) is 17.3. The first-order chi connectivity index (χ1) is 16.4. The topological polar surface area (TPSA) is 26.2 Å². The Hall–Kier alpha value is -3.17. The Morgan fingerprint density at radius 2 is 1.51 bits per heavy atom. The molecule has 0 unspecified atom stereocenters. The molecule has 0 amide bonds. The lowest BCUT2D eigenvalue weighted by atomic mass is 9.77. The first kappa shape index (κ1) is 22.3. The number of allylic oxidation sites excluding steroid dienone is 1. The molecule has 2 aromatic carbocycles. The molecule has 1 aliphatic heterocycles. The van der Waals surface area contributed by atoms with Gasteiger partial charge in [0.05, 0.1) is 16.8 Å². The number of aromatic nitrogens is 1. The van der Waals surface area contributed by atoms with Crippen molar-refractivity contribution < 1.29 is 13.7 Å². The molecule has 3 heterocycles. The van der Waals surface area contributed by atoms with Gasteiger partial charge in [-0.25, -0.2) is 4.57 Å². The number of fused-ring (bicyclic) bond motifs is 3. The second-order valence-electron chi connectivity index (χ2n) is 11.8. The van der Waals surface area contributed by atoms with Gasteiger partial charge in [-0.15, -0.1) is 0 Å². The normalized spacial score (nSPS) is 20.1. The Morgan fingerprint density at radius 1 is 0.771 bits per heavy atom. The number of ether oxygens (including phenoxy) is 1. The fourth-order valence-electron chi connectivity index (χ4n) is 6.89. The molecule has 178 valence electrons. The highest BCUT2D eigenvalue weighted by atomic mass is 16.5. The van der Waals surface area contributed by atoms with E-state index in [9.17, 15) is 0 Å². The number of furan rings is 1. The molecule has 35 heavy (non-hydrogen) atoms. The summed E-state index contributed by atoms with van der Waals surface area (Å²) in [5.41, 5.74) is 9.72. The highest BCUT2D eigenvalue weighted by Gasteiger charge is 2.54. The highest BCUT2D eigenvalue weighted by molar-refractivity contribution is 6.13. The van der Waals surface area contributed by atoms with E-state index in [4.69, 9.17) is 9.15 Å². The lowest BCUT2D eigenvalue weighted by molar-refractivity contribution is -0.660. The van der Waals surface area contributed by atoms with E-state index in [0.29, 0.717) is 0 Å². The van der Waals surface area contributed by atoms with Crippen LogP contribution in [0, 0.1) is 12.3 Å². The quantitative estimate of drug-likeness (QED) is 0.284. The number of benzene rings is 2. The van der Waals surface area contributed by atoms with Crippen molar-refractivity contribution in [2.45, 2.75) is 59.7 Å². The van der Waals surface area contributed by atoms with Crippen LogP contribution in [0.4, 0.5) is 0 Å². The minimum Gasteiger partial charge on any atom is -0.454 e. The van der Waals surface area contributed by atoms with Crippen LogP contribution in [0.15, 0.2) is 76.4 Å². The molecule has 2 aliphatic rings. The maximum Gasteiger partial charge on any atom is 0.216 e. The van der Waals surface area contributed by atoms with E-state index in [1.54, 1.807) is 0 Å². The predicted octanol–water partition coefficient (Wildman–Crippen LogP) is 7.69. The summed E-state index contributed by atoms with van der Waals surface area (Å²) in [6.07, 6.45) is 4.51. The molecule has 4 aromatic rings. The summed E-state index contributed by atoms with van der Waals surface area (Å²) in [6.45, 7) is 15.6. The summed E-state index contributed by atoms with van der Waals surface area (Å²) in [4.78, 5) is 0. The van der Waals surface area contributed by atoms with E-state index in [1.807, 2.05) is 0 Å². The summed E-state index contributed by atoms with van der Waals surface area (Å²) in [5.74, 6) is 0. The standard InChI is InChI=1S/C32H34NO2/c1-19-15-16-22-20-12-11-13-21(27(20)34-28(22)25(19)24-14-9-10-17-33(24)8)23-18-30(2,3)29-26(23)31(4,5)35-32(29,6)7/h9-18H,1-8H3/q+1. The van der Waals surface area contributed by atoms with Crippen LogP contribution in [-0.2, 0) is 11.8 Å². The molecule has 0 bridgehead atoms. The van der Waals surface area contributed by atoms with Crippen molar-refractivity contribution in [3.63, 3.8) is 0 Å². The molecule has 0 spiro atoms. The smallest absolute Gasteiger partial charge is 0.216 e. The molecule has 0 atom stereocenters. The number of hydrogen-bond acceptors (Lipinski definition) is 2. The van der Waals surface area contributed by atoms with Gasteiger partial charge in [-0.05, 0) is 63.0 Å². The third kappa shape index (κ3) is 3.04. The molecular weight excluding hydrogens is 430 g/mol. The third-order valence-electron chi connectivity index (χ3n) is 7.86. The number of pyridine rings is 1. The third-order valence-corrected chi connectivity index (χ3v) is 7.86. The summed E-state index contributed by atoms with van der Waals surface area (Å²) in [7, 11) is 2.09. The van der Waals surface area contributed by atoms with E-state index in [0.717, 1.165) is 38.8 Å². The van der Waals surface area contributed by atoms with Crippen molar-refractivity contribution >= 4 is 27.5 Å². The van der Waals surface area contributed by atoms with Gasteiger partial charge >= 0.3 is 0 Å². The zero-order valence-corrected chi connectivity index (χ0v) is 22.0. The summed E-state index contributed by atoms with van der Waals surface area (Å²) in [5, 5.41) is 2.31. The SMILES string of the molecule is Cc1ccc2c(oc3c(C4=CC(C)(C)C5=C4C(C)(C)OC5(C)C)cccc32)c1-c1cccc[n+]1C. The molecule has 6 rings (SSSR count). The van der Waals surface area contributed by atoms with Crippen LogP contribution in [-0.4, -0.2) is 11.2 Å². The van der Waals surface area contributed by atoms with E-state index in [1.165, 1.54) is 22.3 Å². The van der Waals surface area contributed by atoms with Gasteiger partial charge in [-0.3, -0.25) is 0 Å². The molecule has 3 nitrogen and oxygen atoms in total. The van der Waals surface area contributed by atoms with Gasteiger partial charge in [0.1, 0.15) is 18.2 Å². The first-order valence-corrected chi connectivity index (χ1v) is 12.5. The van der Waals surface area contributed by atoms with Gasteiger partial charge < -0.3 is 9.15 Å². The van der Waals surface area contributed by atoms with E-state index in [2.05, 4.69) is 121 Å². The molecule has 0 saturated heterocycles. The van der Waals surface area contributed by atoms with Crippen LogP contribution >= 0.6 is 0 Å². The predicted molar refractivity (Wildman–Crippen MR) is 143 cm³/mol. The minimum absolute atomic E-state index is 0.0876. The largest absolute Gasteiger partial charge is 0.454 e. The van der Waals surface area contributed by atoms with Crippen LogP contribution in [0.3, 0.4) is 0 Å². The van der Waals surface area contributed by atoms with Crippen LogP contribution in [0.1, 0.15) is 52.7 Å². The van der Waals surface area contributed by atoms with Gasteiger partial charge in [0, 0.05) is 33.9 Å². The van der Waals surface area contributed by atoms with Crippen molar-refractivity contribution in [3.05, 3.63) is 83.1 Å². The lowest BCUT2D eigenvalue weighted by Gasteiger charge is -2.33. The number of aryl methyl sites for hydroxylation is 2. The Balaban J connectivity index is 1.67. The second-order valence-corrected chi connectivity index (χ2v) is 11.8. The molecule has 3 heteroatoms. The Kier molecular flexibility index (Phi) is 4.43. The van der Waals surface area contributed by atoms with Crippen molar-refractivity contribution in [2.24, 2.45) is 12.5 Å². The van der Waals surface area contributed by atoms with Crippen LogP contribution in [0.5, 0.6) is 0 Å². The molecule has 0 saturated carbocycles. The van der Waals surface area contributed by atoms with Crippen LogP contribution in [0.25, 0.3) is 38.8 Å². The van der Waals surface area contributed by atoms with E-state index in [-0.39, 0.29) is 16.6 Å². The highest BCUT2D eigenvalue weighted by Crippen LogP contribution is 2.59. The first-order valence-electron chi connectivity index (χ1n) is 12.5. The van der Waals surface area contributed by atoms with E-state index < -0.39 is 0 Å². The zero-order valence-electron chi connectivity index (χ0n) is 22.0. The maximum atomic E-state index is 6.84. The maximum absolute atomic E-state index is 6.84. The van der Waals surface area contributed by atoms with Gasteiger partial charge in [0.15, 0.2) is 6.20 Å². The Labute approximate surface area is 207 Å². The molecule has 0 radical (unpaired) electrons. The van der Waals surface area contributed by atoms with Crippen molar-refractivity contribution in [3.8, 4) is 11.3 Å². The zero-order chi connectivity index (χ0) is 24.9. The van der Waals surface area contributed by atoms with Crippen molar-refractivity contribution in [1.29, 1.82) is 0 Å². The Morgan fingerprint density at radius 3 is 2.26 bits per heavy atom. The fraction of sp³-hybridized carbons (Fsp3) is 0.344. The van der Waals surface area contributed by atoms with Gasteiger partial charge in [-0.2, -0.15) is 0 Å². The van der Waals surface area contributed by atoms with Crippen LogP contribution in [0.2, 0.25) is 0 Å². The molecule has 0 N–H and O–H groups in total. The Bertz CT molecular complexity index is 1610. The van der Waals surface area contributed by atoms with Crippen molar-refractivity contribution in [2.75, 3.05) is 0 Å². The van der Waals surface area contributed by atoms with Gasteiger partial charge in [0.25, 0.3) is 0 Å². The molecule has 0 fully saturated rings. The summed E-state index contributed by atoms with van der Waals surface area (Å²) < 4.78 is 15.6. The molecular formula is C32H34NO2+. The second kappa shape index (κ2) is 6.95. The minimum atomic E-state index is -0.369. The van der Waals surface area contributed by atoms with E-state index >= 15 is 0 Å². The lowest BCUT2D eigenvalue weighted by Crippen LogP contribution is -2.34. The number of para-hydroxylation sites is 1. The van der Waals surface area contributed by atoms with Gasteiger partial charge in [-0.1, -0.05) is 50.3 Å². The monoisotopic (exact) mass is 464 g/mol. The van der Waals surface area contributed by atoms with Crippen LogP contribution < -0.4 is 4.57 Å². The van der Waals surface area contributed by atoms with Gasteiger partial charge in [0.2, 0.25) is 5.69 Å². The fourth-order valence-corrected chi connectivity index (χ4v) is 6.89. The molecule has 2 aromatic heterocycles. The summed E-state index contributed by atoms with van der Waals surface area (Å²) >= 11 is 0. The number of nitrogens with zero attached hydrogens (tertiary/aromatic N) is 1. The van der Waals surface area contributed by atoms with Crippen molar-refractivity contribution in [1.82, 2.24) is 0 Å². The number of hydrogen-bond donors (Lipinski definition) is 0. The molecule has 1 aliphatic carbocycles.